The van der Waals surface area contributed by atoms with Gasteiger partial charge in [0.05, 0.1) is 39.1 Å². The first-order valence-electron chi connectivity index (χ1n) is 16.1. The molecule has 0 aromatic heterocycles. The summed E-state index contributed by atoms with van der Waals surface area (Å²) in [6, 6.07) is 0. The van der Waals surface area contributed by atoms with Crippen LogP contribution in [0, 0.1) is 26.7 Å². The van der Waals surface area contributed by atoms with Crippen LogP contribution in [0.1, 0.15) is 120 Å². The van der Waals surface area contributed by atoms with Crippen LogP contribution in [-0.4, -0.2) is 52.4 Å². The topological polar surface area (TPSA) is 46.2 Å². The van der Waals surface area contributed by atoms with Gasteiger partial charge >= 0.3 is 0 Å². The molecule has 0 N–H and O–H groups in total. The van der Waals surface area contributed by atoms with E-state index in [1.165, 1.54) is 92.9 Å². The molecule has 1 atom stereocenters. The highest BCUT2D eigenvalue weighted by Gasteiger charge is 2.26. The van der Waals surface area contributed by atoms with E-state index >= 15 is 0 Å². The molecular weight excluding hydrogens is 488 g/mol. The Morgan fingerprint density at radius 2 is 1.26 bits per heavy atom. The molecule has 226 valence electrons. The number of hydrogen-bond acceptors (Lipinski definition) is 5. The van der Waals surface area contributed by atoms with Crippen molar-refractivity contribution in [3.05, 3.63) is 22.3 Å². The number of ether oxygens (including phenoxy) is 5. The first-order chi connectivity index (χ1) is 19.0. The van der Waals surface area contributed by atoms with Gasteiger partial charge < -0.3 is 23.7 Å². The fourth-order valence-electron chi connectivity index (χ4n) is 5.52. The minimum atomic E-state index is 0.354. The summed E-state index contributed by atoms with van der Waals surface area (Å²) in [4.78, 5) is 0. The van der Waals surface area contributed by atoms with E-state index in [-0.39, 0.29) is 0 Å². The molecule has 2 rings (SSSR count). The van der Waals surface area contributed by atoms with Crippen LogP contribution < -0.4 is 9.47 Å². The Labute approximate surface area is 240 Å². The average Bonchev–Trinajstić information content (AvgIpc) is 2.92. The second kappa shape index (κ2) is 20.6. The molecule has 5 nitrogen and oxygen atoms in total. The Balaban J connectivity index is 1.63. The molecule has 0 saturated carbocycles. The number of unbranched alkanes of at least 4 members (excludes halogenated alkanes) is 8. The van der Waals surface area contributed by atoms with Gasteiger partial charge in [0.25, 0.3) is 0 Å². The molecule has 1 aliphatic rings. The molecule has 0 bridgehead atoms. The molecule has 5 heteroatoms. The fraction of sp³-hybridized carbons (Fsp3) is 0.824. The quantitative estimate of drug-likeness (QED) is 0.128. The summed E-state index contributed by atoms with van der Waals surface area (Å²) in [7, 11) is 0. The summed E-state index contributed by atoms with van der Waals surface area (Å²) in [6.45, 7) is 17.4. The van der Waals surface area contributed by atoms with E-state index in [0.717, 1.165) is 36.9 Å². The van der Waals surface area contributed by atoms with E-state index in [1.54, 1.807) is 0 Å². The molecule has 1 aromatic rings. The van der Waals surface area contributed by atoms with E-state index < -0.39 is 0 Å². The summed E-state index contributed by atoms with van der Waals surface area (Å²) >= 11 is 0. The number of fused-ring (bicyclic) bond motifs is 1. The van der Waals surface area contributed by atoms with Crippen molar-refractivity contribution in [3.63, 3.8) is 0 Å². The minimum absolute atomic E-state index is 0.354. The van der Waals surface area contributed by atoms with Gasteiger partial charge in [-0.1, -0.05) is 71.6 Å². The van der Waals surface area contributed by atoms with Gasteiger partial charge in [0.1, 0.15) is 18.1 Å². The minimum Gasteiger partial charge on any atom is -0.491 e. The van der Waals surface area contributed by atoms with E-state index in [4.69, 9.17) is 23.7 Å². The highest BCUT2D eigenvalue weighted by atomic mass is 16.6. The largest absolute Gasteiger partial charge is 0.491 e. The Morgan fingerprint density at radius 3 is 1.87 bits per heavy atom. The van der Waals surface area contributed by atoms with Crippen LogP contribution in [0.15, 0.2) is 0 Å². The molecule has 0 radical (unpaired) electrons. The molecule has 0 saturated heterocycles. The number of benzene rings is 1. The van der Waals surface area contributed by atoms with Crippen LogP contribution in [0.3, 0.4) is 0 Å². The first-order valence-corrected chi connectivity index (χ1v) is 16.1. The van der Waals surface area contributed by atoms with Crippen LogP contribution in [0.5, 0.6) is 11.5 Å². The molecule has 1 heterocycles. The lowest BCUT2D eigenvalue weighted by molar-refractivity contribution is 0.0113. The summed E-state index contributed by atoms with van der Waals surface area (Å²) in [6.07, 6.45) is 17.6. The monoisotopic (exact) mass is 548 g/mol. The second-order valence-corrected chi connectivity index (χ2v) is 11.7. The smallest absolute Gasteiger partial charge is 0.126 e. The van der Waals surface area contributed by atoms with Crippen LogP contribution in [0.25, 0.3) is 0 Å². The van der Waals surface area contributed by atoms with Crippen molar-refractivity contribution < 1.29 is 23.7 Å². The van der Waals surface area contributed by atoms with Gasteiger partial charge in [-0.15, -0.1) is 0 Å². The zero-order valence-electron chi connectivity index (χ0n) is 26.3. The predicted molar refractivity (Wildman–Crippen MR) is 163 cm³/mol. The third-order valence-corrected chi connectivity index (χ3v) is 8.04. The Kier molecular flexibility index (Phi) is 17.9. The van der Waals surface area contributed by atoms with Gasteiger partial charge in [-0.3, -0.25) is 0 Å². The molecule has 39 heavy (non-hydrogen) atoms. The molecule has 0 aliphatic carbocycles. The predicted octanol–water partition coefficient (Wildman–Crippen LogP) is 8.70. The molecule has 0 spiro atoms. The van der Waals surface area contributed by atoms with E-state index in [0.29, 0.717) is 45.7 Å². The summed E-state index contributed by atoms with van der Waals surface area (Å²) in [5, 5.41) is 0. The standard InChI is InChI=1S/C34H60O5/c1-7-35-21-22-36-23-24-37-25-26-38-33-28(4)29(5)34-32(30(33)6)20-19-31(39-34)18-16-14-12-10-8-9-11-13-15-17-27(2)3/h27,31H,7-26H2,1-6H3. The Hall–Kier alpha value is -1.30. The van der Waals surface area contributed by atoms with Gasteiger partial charge in [0.15, 0.2) is 0 Å². The van der Waals surface area contributed by atoms with Crippen LogP contribution in [-0.2, 0) is 20.6 Å². The maximum absolute atomic E-state index is 6.58. The van der Waals surface area contributed by atoms with Crippen LogP contribution in [0.2, 0.25) is 0 Å². The van der Waals surface area contributed by atoms with E-state index in [1.807, 2.05) is 6.92 Å². The van der Waals surface area contributed by atoms with Crippen molar-refractivity contribution in [1.82, 2.24) is 0 Å². The molecule has 1 unspecified atom stereocenters. The normalized spacial score (nSPS) is 15.0. The summed E-state index contributed by atoms with van der Waals surface area (Å²) in [5.74, 6) is 2.98. The summed E-state index contributed by atoms with van der Waals surface area (Å²) in [5.41, 5.74) is 4.99. The van der Waals surface area contributed by atoms with Gasteiger partial charge in [-0.05, 0) is 76.0 Å². The van der Waals surface area contributed by atoms with Crippen molar-refractivity contribution in [2.75, 3.05) is 46.2 Å². The van der Waals surface area contributed by atoms with E-state index in [2.05, 4.69) is 34.6 Å². The highest BCUT2D eigenvalue weighted by molar-refractivity contribution is 5.58. The lowest BCUT2D eigenvalue weighted by atomic mass is 9.90. The summed E-state index contributed by atoms with van der Waals surface area (Å²) < 4.78 is 29.2. The third-order valence-electron chi connectivity index (χ3n) is 8.04. The molecule has 0 amide bonds. The zero-order chi connectivity index (χ0) is 28.3. The molecular formula is C34H60O5. The number of hydrogen-bond donors (Lipinski definition) is 0. The average molecular weight is 549 g/mol. The van der Waals surface area contributed by atoms with Gasteiger partial charge in [0, 0.05) is 12.2 Å². The zero-order valence-corrected chi connectivity index (χ0v) is 26.3. The second-order valence-electron chi connectivity index (χ2n) is 11.7. The number of rotatable bonds is 23. The Morgan fingerprint density at radius 1 is 0.692 bits per heavy atom. The molecule has 1 aromatic carbocycles. The van der Waals surface area contributed by atoms with Crippen molar-refractivity contribution in [2.45, 2.75) is 131 Å². The Bertz CT molecular complexity index is 776. The van der Waals surface area contributed by atoms with Crippen molar-refractivity contribution in [3.8, 4) is 11.5 Å². The van der Waals surface area contributed by atoms with Crippen molar-refractivity contribution >= 4 is 0 Å². The van der Waals surface area contributed by atoms with Crippen molar-refractivity contribution in [1.29, 1.82) is 0 Å². The van der Waals surface area contributed by atoms with Gasteiger partial charge in [-0.25, -0.2) is 0 Å². The van der Waals surface area contributed by atoms with Gasteiger partial charge in [0.2, 0.25) is 0 Å². The lowest BCUT2D eigenvalue weighted by Gasteiger charge is -2.31. The van der Waals surface area contributed by atoms with Crippen LogP contribution in [0.4, 0.5) is 0 Å². The maximum atomic E-state index is 6.58. The van der Waals surface area contributed by atoms with Gasteiger partial charge in [-0.2, -0.15) is 0 Å². The maximum Gasteiger partial charge on any atom is 0.126 e. The SMILES string of the molecule is CCOCCOCCOCCOc1c(C)c(C)c2c(c1C)CCC(CCCCCCCCCCCC(C)C)O2. The highest BCUT2D eigenvalue weighted by Crippen LogP contribution is 2.42. The molecule has 0 fully saturated rings. The van der Waals surface area contributed by atoms with Crippen LogP contribution >= 0.6 is 0 Å². The van der Waals surface area contributed by atoms with E-state index in [9.17, 15) is 0 Å². The lowest BCUT2D eigenvalue weighted by Crippen LogP contribution is -2.24. The van der Waals surface area contributed by atoms with Crippen molar-refractivity contribution in [2.24, 2.45) is 5.92 Å². The molecule has 1 aliphatic heterocycles. The third kappa shape index (κ3) is 13.3. The first kappa shape index (κ1) is 33.9. The fourth-order valence-corrected chi connectivity index (χ4v) is 5.52.